The highest BCUT2D eigenvalue weighted by Gasteiger charge is 2.46. The van der Waals surface area contributed by atoms with E-state index in [-0.39, 0.29) is 5.91 Å². The molecular weight excluding hydrogens is 238 g/mol. The molecule has 1 atom stereocenters. The van der Waals surface area contributed by atoms with Gasteiger partial charge in [0.05, 0.1) is 5.54 Å². The molecule has 0 aromatic heterocycles. The van der Waals surface area contributed by atoms with Crippen molar-refractivity contribution in [2.45, 2.75) is 57.0 Å². The van der Waals surface area contributed by atoms with Gasteiger partial charge in [-0.15, -0.1) is 0 Å². The molecule has 1 heterocycles. The van der Waals surface area contributed by atoms with E-state index in [4.69, 9.17) is 5.73 Å². The first-order valence-corrected chi connectivity index (χ1v) is 7.91. The van der Waals surface area contributed by atoms with E-state index in [9.17, 15) is 4.79 Å². The predicted octanol–water partition coefficient (Wildman–Crippen LogP) is 1.20. The molecule has 1 aliphatic heterocycles. The third-order valence-corrected chi connectivity index (χ3v) is 5.33. The summed E-state index contributed by atoms with van der Waals surface area (Å²) in [6.07, 6.45) is 7.72. The summed E-state index contributed by atoms with van der Waals surface area (Å²) in [5.41, 5.74) is 5.63. The Morgan fingerprint density at radius 2 is 1.63 bits per heavy atom. The molecule has 4 heteroatoms. The molecule has 4 nitrogen and oxygen atoms in total. The van der Waals surface area contributed by atoms with Crippen LogP contribution in [-0.2, 0) is 4.79 Å². The zero-order valence-electron chi connectivity index (χ0n) is 12.1. The normalized spacial score (nSPS) is 29.5. The Balaban J connectivity index is 1.53. The fourth-order valence-corrected chi connectivity index (χ4v) is 3.76. The summed E-state index contributed by atoms with van der Waals surface area (Å²) in [5, 5.41) is 0. The lowest BCUT2D eigenvalue weighted by molar-refractivity contribution is -0.139. The van der Waals surface area contributed by atoms with Gasteiger partial charge in [0.25, 0.3) is 0 Å². The summed E-state index contributed by atoms with van der Waals surface area (Å²) >= 11 is 0. The maximum absolute atomic E-state index is 12.5. The van der Waals surface area contributed by atoms with Gasteiger partial charge in [0, 0.05) is 32.2 Å². The van der Waals surface area contributed by atoms with E-state index < -0.39 is 5.54 Å². The highest BCUT2D eigenvalue weighted by molar-refractivity contribution is 5.86. The van der Waals surface area contributed by atoms with Gasteiger partial charge in [-0.05, 0) is 38.5 Å². The first-order valence-electron chi connectivity index (χ1n) is 7.91. The van der Waals surface area contributed by atoms with Gasteiger partial charge in [0.2, 0.25) is 5.91 Å². The van der Waals surface area contributed by atoms with Crippen molar-refractivity contribution in [1.82, 2.24) is 9.80 Å². The zero-order valence-corrected chi connectivity index (χ0v) is 12.1. The minimum absolute atomic E-state index is 0.182. The second-order valence-electron chi connectivity index (χ2n) is 6.82. The molecule has 1 saturated heterocycles. The van der Waals surface area contributed by atoms with E-state index in [2.05, 4.69) is 4.90 Å². The predicted molar refractivity (Wildman–Crippen MR) is 75.7 cm³/mol. The third kappa shape index (κ3) is 2.65. The largest absolute Gasteiger partial charge is 0.339 e. The molecule has 0 spiro atoms. The highest BCUT2D eigenvalue weighted by atomic mass is 16.2. The molecule has 3 rings (SSSR count). The number of hydrogen-bond acceptors (Lipinski definition) is 3. The number of amides is 1. The highest BCUT2D eigenvalue weighted by Crippen LogP contribution is 2.39. The fourth-order valence-electron chi connectivity index (χ4n) is 3.76. The molecule has 3 fully saturated rings. The first kappa shape index (κ1) is 13.4. The monoisotopic (exact) mass is 265 g/mol. The van der Waals surface area contributed by atoms with Crippen LogP contribution in [0.2, 0.25) is 0 Å². The molecule has 2 saturated carbocycles. The lowest BCUT2D eigenvalue weighted by Crippen LogP contribution is -2.60. The van der Waals surface area contributed by atoms with Crippen LogP contribution < -0.4 is 5.73 Å². The van der Waals surface area contributed by atoms with Crippen molar-refractivity contribution in [3.05, 3.63) is 0 Å². The van der Waals surface area contributed by atoms with Crippen molar-refractivity contribution < 1.29 is 4.79 Å². The Morgan fingerprint density at radius 1 is 1.05 bits per heavy atom. The average molecular weight is 265 g/mol. The molecule has 108 valence electrons. The number of piperazine rings is 1. The molecule has 3 aliphatic rings. The van der Waals surface area contributed by atoms with E-state index in [1.54, 1.807) is 0 Å². The van der Waals surface area contributed by atoms with Crippen LogP contribution in [0.1, 0.15) is 45.4 Å². The molecule has 0 radical (unpaired) electrons. The van der Waals surface area contributed by atoms with E-state index in [0.29, 0.717) is 5.92 Å². The second-order valence-corrected chi connectivity index (χ2v) is 6.82. The molecule has 0 bridgehead atoms. The molecule has 1 amide bonds. The van der Waals surface area contributed by atoms with Crippen LogP contribution in [0.4, 0.5) is 0 Å². The van der Waals surface area contributed by atoms with Crippen LogP contribution in [0.15, 0.2) is 0 Å². The molecule has 19 heavy (non-hydrogen) atoms. The minimum atomic E-state index is -0.616. The van der Waals surface area contributed by atoms with Crippen LogP contribution in [0, 0.1) is 5.92 Å². The van der Waals surface area contributed by atoms with Gasteiger partial charge in [0.15, 0.2) is 0 Å². The molecular formula is C15H27N3O. The van der Waals surface area contributed by atoms with Gasteiger partial charge in [-0.25, -0.2) is 0 Å². The van der Waals surface area contributed by atoms with Gasteiger partial charge < -0.3 is 10.6 Å². The molecule has 2 aliphatic carbocycles. The summed E-state index contributed by atoms with van der Waals surface area (Å²) < 4.78 is 0. The van der Waals surface area contributed by atoms with Gasteiger partial charge in [-0.3, -0.25) is 9.69 Å². The minimum Gasteiger partial charge on any atom is -0.339 e. The number of hydrogen-bond donors (Lipinski definition) is 1. The van der Waals surface area contributed by atoms with Crippen molar-refractivity contribution in [2.24, 2.45) is 11.7 Å². The van der Waals surface area contributed by atoms with E-state index in [0.717, 1.165) is 45.1 Å². The van der Waals surface area contributed by atoms with Crippen molar-refractivity contribution in [3.63, 3.8) is 0 Å². The van der Waals surface area contributed by atoms with Crippen LogP contribution in [0.3, 0.4) is 0 Å². The Labute approximate surface area is 116 Å². The van der Waals surface area contributed by atoms with Crippen molar-refractivity contribution >= 4 is 5.91 Å². The number of carbonyl (C=O) groups excluding carboxylic acids is 1. The lowest BCUT2D eigenvalue weighted by Gasteiger charge is -2.40. The quantitative estimate of drug-likeness (QED) is 0.834. The smallest absolute Gasteiger partial charge is 0.242 e. The molecule has 1 unspecified atom stereocenters. The number of rotatable bonds is 3. The SMILES string of the molecule is CC(N)(C(=O)N1CCN(C2CCCC2)CC1)C1CC1. The van der Waals surface area contributed by atoms with E-state index in [1.807, 2.05) is 11.8 Å². The lowest BCUT2D eigenvalue weighted by atomic mass is 9.95. The average Bonchev–Trinajstić information content (AvgIpc) is 3.15. The second kappa shape index (κ2) is 5.06. The number of nitrogens with zero attached hydrogens (tertiary/aromatic N) is 2. The fraction of sp³-hybridized carbons (Fsp3) is 0.933. The maximum Gasteiger partial charge on any atom is 0.242 e. The number of nitrogens with two attached hydrogens (primary N) is 1. The maximum atomic E-state index is 12.5. The van der Waals surface area contributed by atoms with Gasteiger partial charge in [0.1, 0.15) is 0 Å². The van der Waals surface area contributed by atoms with Crippen molar-refractivity contribution in [2.75, 3.05) is 26.2 Å². The van der Waals surface area contributed by atoms with Crippen LogP contribution in [-0.4, -0.2) is 53.5 Å². The Kier molecular flexibility index (Phi) is 3.56. The van der Waals surface area contributed by atoms with Gasteiger partial charge in [-0.1, -0.05) is 12.8 Å². The summed E-state index contributed by atoms with van der Waals surface area (Å²) in [5.74, 6) is 0.605. The third-order valence-electron chi connectivity index (χ3n) is 5.33. The summed E-state index contributed by atoms with van der Waals surface area (Å²) in [6.45, 7) is 5.74. The van der Waals surface area contributed by atoms with Crippen molar-refractivity contribution in [3.8, 4) is 0 Å². The van der Waals surface area contributed by atoms with E-state index in [1.165, 1.54) is 25.7 Å². The molecule has 0 aromatic carbocycles. The van der Waals surface area contributed by atoms with E-state index >= 15 is 0 Å². The first-order chi connectivity index (χ1) is 9.09. The van der Waals surface area contributed by atoms with Crippen LogP contribution in [0.25, 0.3) is 0 Å². The number of carbonyl (C=O) groups is 1. The van der Waals surface area contributed by atoms with Crippen LogP contribution >= 0.6 is 0 Å². The molecule has 2 N–H and O–H groups in total. The van der Waals surface area contributed by atoms with Gasteiger partial charge >= 0.3 is 0 Å². The summed E-state index contributed by atoms with van der Waals surface area (Å²) in [7, 11) is 0. The van der Waals surface area contributed by atoms with Gasteiger partial charge in [-0.2, -0.15) is 0 Å². The summed E-state index contributed by atoms with van der Waals surface area (Å²) in [4.78, 5) is 17.1. The Morgan fingerprint density at radius 3 is 2.16 bits per heavy atom. The topological polar surface area (TPSA) is 49.6 Å². The van der Waals surface area contributed by atoms with Crippen molar-refractivity contribution in [1.29, 1.82) is 0 Å². The molecule has 0 aromatic rings. The standard InChI is InChI=1S/C15H27N3O/c1-15(16,12-6-7-12)14(19)18-10-8-17(9-11-18)13-4-2-3-5-13/h12-13H,2-11,16H2,1H3. The Hall–Kier alpha value is -0.610. The Bertz CT molecular complexity index is 337. The van der Waals surface area contributed by atoms with Crippen LogP contribution in [0.5, 0.6) is 0 Å². The zero-order chi connectivity index (χ0) is 13.5. The summed E-state index contributed by atoms with van der Waals surface area (Å²) in [6, 6.07) is 0.782.